The molecule has 3 aromatic carbocycles. The van der Waals surface area contributed by atoms with Crippen LogP contribution in [0.25, 0.3) is 22.5 Å². The van der Waals surface area contributed by atoms with E-state index in [-0.39, 0.29) is 29.7 Å². The van der Waals surface area contributed by atoms with E-state index in [1.54, 1.807) is 24.6 Å². The maximum atomic E-state index is 15.4. The van der Waals surface area contributed by atoms with Gasteiger partial charge >= 0.3 is 5.97 Å². The molecule has 230 valence electrons. The Kier molecular flexibility index (Phi) is 7.82. The van der Waals surface area contributed by atoms with E-state index >= 15 is 4.39 Å². The van der Waals surface area contributed by atoms with E-state index in [1.807, 2.05) is 44.2 Å². The highest BCUT2D eigenvalue weighted by Crippen LogP contribution is 2.49. The maximum Gasteiger partial charge on any atom is 0.309 e. The van der Waals surface area contributed by atoms with Crippen LogP contribution in [0.1, 0.15) is 79.3 Å². The van der Waals surface area contributed by atoms with Crippen LogP contribution in [0.2, 0.25) is 0 Å². The molecule has 0 amide bonds. The number of benzene rings is 3. The van der Waals surface area contributed by atoms with Crippen LogP contribution in [0.15, 0.2) is 48.5 Å². The van der Waals surface area contributed by atoms with Gasteiger partial charge in [0.2, 0.25) is 0 Å². The van der Waals surface area contributed by atoms with E-state index in [1.165, 1.54) is 0 Å². The molecular weight excluding hydrogens is 557 g/mol. The van der Waals surface area contributed by atoms with Crippen LogP contribution in [0.5, 0.6) is 5.75 Å². The quantitative estimate of drug-likeness (QED) is 0.206. The summed E-state index contributed by atoms with van der Waals surface area (Å²) in [7, 11) is 0. The summed E-state index contributed by atoms with van der Waals surface area (Å²) in [5.41, 5.74) is 6.96. The van der Waals surface area contributed by atoms with Gasteiger partial charge < -0.3 is 14.6 Å². The molecule has 1 heterocycles. The fourth-order valence-corrected chi connectivity index (χ4v) is 6.63. The Morgan fingerprint density at radius 1 is 1.09 bits per heavy atom. The molecule has 0 aliphatic heterocycles. The number of aryl methyl sites for hydroxylation is 3. The molecule has 7 nitrogen and oxygen atoms in total. The van der Waals surface area contributed by atoms with Crippen molar-refractivity contribution < 1.29 is 23.8 Å². The average Bonchev–Trinajstić information content (AvgIpc) is 3.53. The Morgan fingerprint density at radius 2 is 1.80 bits per heavy atom. The minimum absolute atomic E-state index is 0.0618. The fraction of sp³-hybridized carbons (Fsp3) is 0.417. The van der Waals surface area contributed by atoms with Crippen molar-refractivity contribution in [3.05, 3.63) is 88.0 Å². The third kappa shape index (κ3) is 5.87. The van der Waals surface area contributed by atoms with Crippen LogP contribution in [0.4, 0.5) is 4.39 Å². The van der Waals surface area contributed by atoms with Gasteiger partial charge in [0.05, 0.1) is 24.7 Å². The number of halogens is 1. The molecule has 3 atom stereocenters. The topological polar surface area (TPSA) is 86.5 Å². The Balaban J connectivity index is 1.23. The number of hydrogen-bond donors (Lipinski definition) is 1. The number of aromatic nitrogens is 3. The molecule has 1 fully saturated rings. The molecule has 6 rings (SSSR count). The van der Waals surface area contributed by atoms with Gasteiger partial charge in [0.15, 0.2) is 5.82 Å². The van der Waals surface area contributed by atoms with Crippen LogP contribution in [-0.4, -0.2) is 38.0 Å². The van der Waals surface area contributed by atoms with Crippen LogP contribution in [0.3, 0.4) is 0 Å². The summed E-state index contributed by atoms with van der Waals surface area (Å²) in [6.07, 6.45) is 1.84. The number of aliphatic hydroxyl groups is 1. The molecule has 0 bridgehead atoms. The number of carbonyl (C=O) groups excluding carboxylic acids is 1. The van der Waals surface area contributed by atoms with Crippen molar-refractivity contribution in [2.45, 2.75) is 85.0 Å². The second-order valence-electron chi connectivity index (χ2n) is 12.8. The minimum Gasteiger partial charge on any atom is -0.486 e. The predicted molar refractivity (Wildman–Crippen MR) is 167 cm³/mol. The molecule has 1 N–H and O–H groups in total. The van der Waals surface area contributed by atoms with Crippen molar-refractivity contribution in [2.75, 3.05) is 6.61 Å². The lowest BCUT2D eigenvalue weighted by Crippen LogP contribution is -2.27. The molecule has 1 saturated carbocycles. The normalized spacial score (nSPS) is 19.1. The number of hydrogen-bond acceptors (Lipinski definition) is 6. The summed E-state index contributed by atoms with van der Waals surface area (Å²) in [5, 5.41) is 14.9. The van der Waals surface area contributed by atoms with Crippen molar-refractivity contribution in [3.63, 3.8) is 0 Å². The first-order valence-electron chi connectivity index (χ1n) is 15.4. The number of rotatable bonds is 9. The summed E-state index contributed by atoms with van der Waals surface area (Å²) in [5.74, 6) is 1.80. The van der Waals surface area contributed by atoms with Crippen LogP contribution >= 0.6 is 0 Å². The maximum absolute atomic E-state index is 15.4. The second-order valence-corrected chi connectivity index (χ2v) is 12.8. The van der Waals surface area contributed by atoms with Gasteiger partial charge in [-0.15, -0.1) is 0 Å². The Hall–Kier alpha value is -4.04. The van der Waals surface area contributed by atoms with Crippen LogP contribution < -0.4 is 4.74 Å². The summed E-state index contributed by atoms with van der Waals surface area (Å²) in [4.78, 5) is 16.7. The average molecular weight is 598 g/mol. The minimum atomic E-state index is -0.898. The summed E-state index contributed by atoms with van der Waals surface area (Å²) < 4.78 is 28.6. The molecule has 0 unspecified atom stereocenters. The Morgan fingerprint density at radius 3 is 2.45 bits per heavy atom. The largest absolute Gasteiger partial charge is 0.486 e. The molecule has 2 aliphatic rings. The standard InChI is InChI=1S/C36H40FN3O4/c1-7-43-35(41)29-18-28(29)23-8-10-25(11-9-23)44-31-15-13-27-26(12-14-30(37)33(27)31)32-20(2)16-24(17-21(32)3)34-38-22(4)40(39-34)19-36(5,6)42/h8-12,14,16-17,28-29,31,42H,7,13,15,18-19H2,1-6H3/t28-,29+,31-/m1/s1. The van der Waals surface area contributed by atoms with E-state index in [0.717, 1.165) is 57.6 Å². The van der Waals surface area contributed by atoms with E-state index in [4.69, 9.17) is 9.47 Å². The van der Waals surface area contributed by atoms with Crippen LogP contribution in [-0.2, 0) is 22.5 Å². The third-order valence-electron chi connectivity index (χ3n) is 8.70. The summed E-state index contributed by atoms with van der Waals surface area (Å²) in [6.45, 7) is 12.1. The van der Waals surface area contributed by atoms with Crippen molar-refractivity contribution in [2.24, 2.45) is 5.92 Å². The van der Waals surface area contributed by atoms with Crippen molar-refractivity contribution in [1.82, 2.24) is 14.8 Å². The van der Waals surface area contributed by atoms with Gasteiger partial charge in [-0.1, -0.05) is 18.2 Å². The molecule has 2 aliphatic carbocycles. The smallest absolute Gasteiger partial charge is 0.309 e. The van der Waals surface area contributed by atoms with Crippen molar-refractivity contribution in [3.8, 4) is 28.3 Å². The monoisotopic (exact) mass is 597 g/mol. The first kappa shape index (κ1) is 30.0. The highest BCUT2D eigenvalue weighted by molar-refractivity contribution is 5.79. The zero-order valence-corrected chi connectivity index (χ0v) is 26.3. The van der Waals surface area contributed by atoms with Gasteiger partial charge in [0, 0.05) is 11.1 Å². The van der Waals surface area contributed by atoms with Gasteiger partial charge in [-0.05, 0) is 130 Å². The lowest BCUT2D eigenvalue weighted by molar-refractivity contribution is -0.144. The van der Waals surface area contributed by atoms with E-state index < -0.39 is 5.60 Å². The van der Waals surface area contributed by atoms with Gasteiger partial charge in [-0.2, -0.15) is 5.10 Å². The summed E-state index contributed by atoms with van der Waals surface area (Å²) >= 11 is 0. The third-order valence-corrected chi connectivity index (χ3v) is 8.70. The molecule has 0 radical (unpaired) electrons. The van der Waals surface area contributed by atoms with Crippen molar-refractivity contribution >= 4 is 5.97 Å². The van der Waals surface area contributed by atoms with E-state index in [0.29, 0.717) is 36.7 Å². The van der Waals surface area contributed by atoms with Gasteiger partial charge in [0.25, 0.3) is 0 Å². The molecular formula is C36H40FN3O4. The fourth-order valence-electron chi connectivity index (χ4n) is 6.63. The van der Waals surface area contributed by atoms with Gasteiger partial charge in [-0.25, -0.2) is 14.1 Å². The van der Waals surface area contributed by atoms with Gasteiger partial charge in [0.1, 0.15) is 23.5 Å². The summed E-state index contributed by atoms with van der Waals surface area (Å²) in [6, 6.07) is 15.4. The first-order valence-corrected chi connectivity index (χ1v) is 15.4. The molecule has 8 heteroatoms. The zero-order chi connectivity index (χ0) is 31.3. The lowest BCUT2D eigenvalue weighted by atomic mass is 9.89. The van der Waals surface area contributed by atoms with E-state index in [9.17, 15) is 9.90 Å². The molecule has 0 saturated heterocycles. The molecule has 44 heavy (non-hydrogen) atoms. The highest BCUT2D eigenvalue weighted by Gasteiger charge is 2.45. The van der Waals surface area contributed by atoms with Crippen molar-refractivity contribution in [1.29, 1.82) is 0 Å². The van der Waals surface area contributed by atoms with Gasteiger partial charge in [-0.3, -0.25) is 4.79 Å². The SMILES string of the molecule is CCOC(=O)[C@H]1C[C@@H]1c1ccc(O[C@@H]2CCc3c(-c4c(C)cc(-c5nc(C)n(CC(C)(C)O)n5)cc4C)ccc(F)c32)cc1. The number of fused-ring (bicyclic) bond motifs is 1. The van der Waals surface area contributed by atoms with E-state index in [2.05, 4.69) is 36.1 Å². The van der Waals surface area contributed by atoms with Crippen LogP contribution in [0, 0.1) is 32.5 Å². The Bertz CT molecular complexity index is 1700. The molecule has 0 spiro atoms. The number of nitrogens with zero attached hydrogens (tertiary/aromatic N) is 3. The molecule has 4 aromatic rings. The zero-order valence-electron chi connectivity index (χ0n) is 26.3. The highest BCUT2D eigenvalue weighted by atomic mass is 19.1. The lowest BCUT2D eigenvalue weighted by Gasteiger charge is -2.19. The number of ether oxygens (including phenoxy) is 2. The second kappa shape index (κ2) is 11.5. The Labute approximate surface area is 258 Å². The number of carbonyl (C=O) groups is 1. The predicted octanol–water partition coefficient (Wildman–Crippen LogP) is 7.18. The number of esters is 1. The molecule has 1 aromatic heterocycles. The first-order chi connectivity index (χ1) is 20.9.